The lowest BCUT2D eigenvalue weighted by atomic mass is 10.1. The second kappa shape index (κ2) is 13.0. The third-order valence-corrected chi connectivity index (χ3v) is 5.51. The lowest BCUT2D eigenvalue weighted by Gasteiger charge is -2.14. The van der Waals surface area contributed by atoms with E-state index >= 15 is 0 Å². The molecule has 0 amide bonds. The third kappa shape index (κ3) is 8.97. The molecule has 2 rings (SSSR count). The lowest BCUT2D eigenvalue weighted by Crippen LogP contribution is -2.39. The van der Waals surface area contributed by atoms with Gasteiger partial charge < -0.3 is 20.5 Å². The fraction of sp³-hybridized carbons (Fsp3) is 0.435. The summed E-state index contributed by atoms with van der Waals surface area (Å²) in [4.78, 5) is 4.46. The normalized spacial score (nSPS) is 13.7. The number of hydrogen-bond donors (Lipinski definition) is 3. The van der Waals surface area contributed by atoms with Crippen LogP contribution in [0.5, 0.6) is 5.75 Å². The van der Waals surface area contributed by atoms with Crippen LogP contribution in [0.2, 0.25) is 0 Å². The molecular weight excluding hydrogens is 398 g/mol. The Balaban J connectivity index is 1.82. The average Bonchev–Trinajstić information content (AvgIpc) is 2.72. The quantitative estimate of drug-likeness (QED) is 0.376. The second-order valence-corrected chi connectivity index (χ2v) is 8.75. The van der Waals surface area contributed by atoms with E-state index in [-0.39, 0.29) is 12.6 Å². The van der Waals surface area contributed by atoms with E-state index in [0.717, 1.165) is 16.9 Å². The van der Waals surface area contributed by atoms with Crippen LogP contribution < -0.4 is 15.4 Å². The van der Waals surface area contributed by atoms with Gasteiger partial charge in [-0.2, -0.15) is 0 Å². The largest absolute Gasteiger partial charge is 0.491 e. The topological polar surface area (TPSA) is 83.0 Å². The van der Waals surface area contributed by atoms with E-state index in [1.807, 2.05) is 75.4 Å². The molecule has 0 bridgehead atoms. The minimum Gasteiger partial charge on any atom is -0.491 e. The van der Waals surface area contributed by atoms with Crippen molar-refractivity contribution in [2.24, 2.45) is 4.99 Å². The lowest BCUT2D eigenvalue weighted by molar-refractivity contribution is 0.186. The zero-order valence-electron chi connectivity index (χ0n) is 18.0. The van der Waals surface area contributed by atoms with Gasteiger partial charge in [-0.1, -0.05) is 42.5 Å². The van der Waals surface area contributed by atoms with Gasteiger partial charge in [0.1, 0.15) is 5.75 Å². The van der Waals surface area contributed by atoms with Crippen molar-refractivity contribution in [2.75, 3.05) is 25.4 Å². The summed E-state index contributed by atoms with van der Waals surface area (Å²) in [5.41, 5.74) is 1.86. The molecule has 0 fully saturated rings. The molecule has 0 aliphatic heterocycles. The van der Waals surface area contributed by atoms with Crippen LogP contribution >= 0.6 is 0 Å². The fourth-order valence-electron chi connectivity index (χ4n) is 2.78. The molecular formula is C23H33N3O3S. The number of guanidine groups is 1. The first-order valence-electron chi connectivity index (χ1n) is 10.3. The molecule has 6 nitrogen and oxygen atoms in total. The Morgan fingerprint density at radius 3 is 2.43 bits per heavy atom. The first kappa shape index (κ1) is 23.9. The van der Waals surface area contributed by atoms with Crippen LogP contribution in [0, 0.1) is 0 Å². The van der Waals surface area contributed by atoms with Gasteiger partial charge >= 0.3 is 0 Å². The molecule has 0 saturated heterocycles. The van der Waals surface area contributed by atoms with Crippen LogP contribution in [0.25, 0.3) is 0 Å². The van der Waals surface area contributed by atoms with Gasteiger partial charge in [0.15, 0.2) is 5.96 Å². The van der Waals surface area contributed by atoms with Crippen molar-refractivity contribution in [3.8, 4) is 5.75 Å². The monoisotopic (exact) mass is 431 g/mol. The van der Waals surface area contributed by atoms with Crippen molar-refractivity contribution in [3.05, 3.63) is 65.7 Å². The molecule has 3 N–H and O–H groups in total. The Morgan fingerprint density at radius 2 is 1.80 bits per heavy atom. The van der Waals surface area contributed by atoms with E-state index in [4.69, 9.17) is 4.74 Å². The van der Waals surface area contributed by atoms with Crippen LogP contribution in [-0.4, -0.2) is 46.8 Å². The first-order valence-corrected chi connectivity index (χ1v) is 11.8. The molecule has 0 radical (unpaired) electrons. The predicted octanol–water partition coefficient (Wildman–Crippen LogP) is 3.01. The zero-order valence-corrected chi connectivity index (χ0v) is 18.8. The van der Waals surface area contributed by atoms with E-state index < -0.39 is 16.9 Å². The summed E-state index contributed by atoms with van der Waals surface area (Å²) in [6.07, 6.45) is -0.595. The van der Waals surface area contributed by atoms with Crippen molar-refractivity contribution in [2.45, 2.75) is 38.7 Å². The number of benzene rings is 2. The Morgan fingerprint density at radius 1 is 1.10 bits per heavy atom. The first-order chi connectivity index (χ1) is 14.5. The minimum absolute atomic E-state index is 0.112. The summed E-state index contributed by atoms with van der Waals surface area (Å²) >= 11 is 0. The SMILES string of the molecule is CCNC(=NCC(O)c1ccc(OC(C)C)cc1)NCCS(=O)Cc1ccccc1. The molecule has 164 valence electrons. The van der Waals surface area contributed by atoms with Crippen molar-refractivity contribution in [3.63, 3.8) is 0 Å². The van der Waals surface area contributed by atoms with Gasteiger partial charge in [-0.25, -0.2) is 0 Å². The number of aliphatic hydroxyl groups excluding tert-OH is 1. The number of aliphatic imine (C=N–C) groups is 1. The van der Waals surface area contributed by atoms with Crippen LogP contribution in [-0.2, 0) is 16.6 Å². The van der Waals surface area contributed by atoms with Crippen LogP contribution in [0.4, 0.5) is 0 Å². The molecule has 2 aromatic carbocycles. The molecule has 0 spiro atoms. The van der Waals surface area contributed by atoms with Crippen LogP contribution in [0.1, 0.15) is 38.0 Å². The molecule has 0 aromatic heterocycles. The van der Waals surface area contributed by atoms with Crippen molar-refractivity contribution < 1.29 is 14.1 Å². The summed E-state index contributed by atoms with van der Waals surface area (Å²) in [6.45, 7) is 7.41. The van der Waals surface area contributed by atoms with Crippen LogP contribution in [0.15, 0.2) is 59.6 Å². The maximum absolute atomic E-state index is 12.3. The number of aliphatic hydroxyl groups is 1. The maximum atomic E-state index is 12.3. The van der Waals surface area contributed by atoms with Gasteiger partial charge in [-0.05, 0) is 44.0 Å². The highest BCUT2D eigenvalue weighted by Gasteiger charge is 2.09. The van der Waals surface area contributed by atoms with E-state index in [0.29, 0.717) is 30.6 Å². The van der Waals surface area contributed by atoms with Gasteiger partial charge in [-0.15, -0.1) is 0 Å². The zero-order chi connectivity index (χ0) is 21.8. The van der Waals surface area contributed by atoms with Gasteiger partial charge in [-0.3, -0.25) is 9.20 Å². The van der Waals surface area contributed by atoms with E-state index in [1.165, 1.54) is 0 Å². The summed E-state index contributed by atoms with van der Waals surface area (Å²) in [7, 11) is -0.947. The van der Waals surface area contributed by atoms with E-state index in [9.17, 15) is 9.32 Å². The van der Waals surface area contributed by atoms with Gasteiger partial charge in [0.05, 0.1) is 18.8 Å². The number of nitrogens with zero attached hydrogens (tertiary/aromatic N) is 1. The summed E-state index contributed by atoms with van der Waals surface area (Å²) in [5.74, 6) is 2.46. The number of hydrogen-bond acceptors (Lipinski definition) is 4. The Labute approximate surface area is 182 Å². The van der Waals surface area contributed by atoms with E-state index in [2.05, 4.69) is 15.6 Å². The highest BCUT2D eigenvalue weighted by atomic mass is 32.2. The molecule has 0 saturated carbocycles. The predicted molar refractivity (Wildman–Crippen MR) is 124 cm³/mol. The Hall–Kier alpha value is -2.38. The highest BCUT2D eigenvalue weighted by molar-refractivity contribution is 7.84. The number of rotatable bonds is 11. The second-order valence-electron chi connectivity index (χ2n) is 7.17. The molecule has 0 aliphatic carbocycles. The summed E-state index contributed by atoms with van der Waals surface area (Å²) in [6, 6.07) is 17.3. The molecule has 0 aliphatic rings. The van der Waals surface area contributed by atoms with Crippen molar-refractivity contribution in [1.29, 1.82) is 0 Å². The Bertz CT molecular complexity index is 795. The van der Waals surface area contributed by atoms with Gasteiger partial charge in [0.2, 0.25) is 0 Å². The maximum Gasteiger partial charge on any atom is 0.191 e. The fourth-order valence-corrected chi connectivity index (χ4v) is 3.82. The summed E-state index contributed by atoms with van der Waals surface area (Å²) in [5, 5.41) is 16.8. The molecule has 0 heterocycles. The smallest absolute Gasteiger partial charge is 0.191 e. The standard InChI is InChI=1S/C23H33N3O3S/c1-4-24-23(25-14-15-30(28)17-19-8-6-5-7-9-19)26-16-22(27)20-10-12-21(13-11-20)29-18(2)3/h5-13,18,22,27H,4,14-17H2,1-3H3,(H2,24,25,26). The molecule has 2 atom stereocenters. The molecule has 2 aromatic rings. The van der Waals surface area contributed by atoms with Crippen molar-refractivity contribution >= 4 is 16.8 Å². The summed E-state index contributed by atoms with van der Waals surface area (Å²) < 4.78 is 17.9. The third-order valence-electron chi connectivity index (χ3n) is 4.20. The van der Waals surface area contributed by atoms with Crippen molar-refractivity contribution in [1.82, 2.24) is 10.6 Å². The van der Waals surface area contributed by atoms with Gasteiger partial charge in [0, 0.05) is 35.4 Å². The highest BCUT2D eigenvalue weighted by Crippen LogP contribution is 2.19. The average molecular weight is 432 g/mol. The van der Waals surface area contributed by atoms with Crippen LogP contribution in [0.3, 0.4) is 0 Å². The molecule has 2 unspecified atom stereocenters. The molecule has 7 heteroatoms. The number of ether oxygens (including phenoxy) is 1. The minimum atomic E-state index is -0.947. The molecule has 30 heavy (non-hydrogen) atoms. The number of nitrogens with one attached hydrogen (secondary N) is 2. The van der Waals surface area contributed by atoms with Gasteiger partial charge in [0.25, 0.3) is 0 Å². The van der Waals surface area contributed by atoms with E-state index in [1.54, 1.807) is 0 Å². The Kier molecular flexibility index (Phi) is 10.4.